The standard InChI is InChI=1S/C18H20N2/c1-4-6-10-15(5-2)17-13-14(3)19-18(20-17)16-11-8-7-9-12-16/h5-13H,4H2,1-3H3/b10-6-,15-5+. The molecule has 2 aromatic rings. The average molecular weight is 264 g/mol. The van der Waals surface area contributed by atoms with E-state index in [-0.39, 0.29) is 0 Å². The van der Waals surface area contributed by atoms with E-state index in [0.29, 0.717) is 0 Å². The van der Waals surface area contributed by atoms with Gasteiger partial charge in [0.25, 0.3) is 0 Å². The second-order valence-electron chi connectivity index (χ2n) is 4.64. The number of rotatable bonds is 4. The van der Waals surface area contributed by atoms with Crippen molar-refractivity contribution in [2.75, 3.05) is 0 Å². The van der Waals surface area contributed by atoms with E-state index in [4.69, 9.17) is 4.98 Å². The van der Waals surface area contributed by atoms with Gasteiger partial charge < -0.3 is 0 Å². The maximum Gasteiger partial charge on any atom is 0.160 e. The Morgan fingerprint density at radius 1 is 1.15 bits per heavy atom. The molecule has 1 aromatic carbocycles. The number of nitrogens with zero attached hydrogens (tertiary/aromatic N) is 2. The van der Waals surface area contributed by atoms with Gasteiger partial charge in [-0.2, -0.15) is 0 Å². The molecule has 0 saturated carbocycles. The Labute approximate surface area is 120 Å². The number of aromatic nitrogens is 2. The van der Waals surface area contributed by atoms with Crippen LogP contribution in [0.2, 0.25) is 0 Å². The molecule has 0 atom stereocenters. The minimum Gasteiger partial charge on any atom is -0.233 e. The van der Waals surface area contributed by atoms with Gasteiger partial charge in [0.2, 0.25) is 0 Å². The van der Waals surface area contributed by atoms with Gasteiger partial charge in [0, 0.05) is 11.3 Å². The molecule has 2 nitrogen and oxygen atoms in total. The fraction of sp³-hybridized carbons (Fsp3) is 0.222. The monoisotopic (exact) mass is 264 g/mol. The number of hydrogen-bond acceptors (Lipinski definition) is 2. The van der Waals surface area contributed by atoms with Crippen LogP contribution < -0.4 is 0 Å². The van der Waals surface area contributed by atoms with E-state index in [9.17, 15) is 0 Å². The second kappa shape index (κ2) is 6.80. The van der Waals surface area contributed by atoms with Crippen LogP contribution in [0.4, 0.5) is 0 Å². The molecule has 0 fully saturated rings. The van der Waals surface area contributed by atoms with Crippen molar-refractivity contribution in [1.29, 1.82) is 0 Å². The normalized spacial score (nSPS) is 12.1. The van der Waals surface area contributed by atoms with Crippen molar-refractivity contribution in [1.82, 2.24) is 9.97 Å². The van der Waals surface area contributed by atoms with Crippen molar-refractivity contribution in [3.8, 4) is 11.4 Å². The van der Waals surface area contributed by atoms with E-state index in [2.05, 4.69) is 30.1 Å². The first-order valence-electron chi connectivity index (χ1n) is 6.99. The summed E-state index contributed by atoms with van der Waals surface area (Å²) in [4.78, 5) is 9.24. The van der Waals surface area contributed by atoms with Crippen molar-refractivity contribution in [3.05, 3.63) is 66.0 Å². The zero-order valence-corrected chi connectivity index (χ0v) is 12.3. The maximum absolute atomic E-state index is 4.70. The molecule has 1 heterocycles. The molecule has 0 N–H and O–H groups in total. The Bertz CT molecular complexity index is 625. The third-order valence-corrected chi connectivity index (χ3v) is 3.03. The van der Waals surface area contributed by atoms with Gasteiger partial charge in [-0.1, -0.05) is 55.5 Å². The first-order chi connectivity index (χ1) is 9.74. The Morgan fingerprint density at radius 2 is 1.90 bits per heavy atom. The van der Waals surface area contributed by atoms with Gasteiger partial charge in [-0.05, 0) is 31.9 Å². The lowest BCUT2D eigenvalue weighted by molar-refractivity contribution is 1.09. The quantitative estimate of drug-likeness (QED) is 0.740. The summed E-state index contributed by atoms with van der Waals surface area (Å²) in [5.74, 6) is 0.782. The zero-order valence-electron chi connectivity index (χ0n) is 12.3. The molecule has 2 heteroatoms. The van der Waals surface area contributed by atoms with Crippen LogP contribution in [0.5, 0.6) is 0 Å². The summed E-state index contributed by atoms with van der Waals surface area (Å²) in [5, 5.41) is 0. The third kappa shape index (κ3) is 3.41. The Hall–Kier alpha value is -2.22. The first kappa shape index (κ1) is 14.2. The summed E-state index contributed by atoms with van der Waals surface area (Å²) >= 11 is 0. The van der Waals surface area contributed by atoms with Crippen LogP contribution >= 0.6 is 0 Å². The predicted molar refractivity (Wildman–Crippen MR) is 85.3 cm³/mol. The first-order valence-corrected chi connectivity index (χ1v) is 6.99. The van der Waals surface area contributed by atoms with Crippen LogP contribution in [0, 0.1) is 6.92 Å². The number of aryl methyl sites for hydroxylation is 1. The van der Waals surface area contributed by atoms with Crippen molar-refractivity contribution in [2.24, 2.45) is 0 Å². The van der Waals surface area contributed by atoms with Crippen LogP contribution in [-0.4, -0.2) is 9.97 Å². The molecule has 0 radical (unpaired) electrons. The summed E-state index contributed by atoms with van der Waals surface area (Å²) in [6, 6.07) is 12.1. The molecule has 0 bridgehead atoms. The van der Waals surface area contributed by atoms with Crippen LogP contribution in [0.3, 0.4) is 0 Å². The van der Waals surface area contributed by atoms with Crippen LogP contribution in [-0.2, 0) is 0 Å². The fourth-order valence-electron chi connectivity index (χ4n) is 2.01. The molecule has 20 heavy (non-hydrogen) atoms. The molecule has 0 unspecified atom stereocenters. The zero-order chi connectivity index (χ0) is 14.4. The lowest BCUT2D eigenvalue weighted by Crippen LogP contribution is -1.97. The molecular weight excluding hydrogens is 244 g/mol. The molecule has 0 spiro atoms. The van der Waals surface area contributed by atoms with E-state index in [0.717, 1.165) is 34.8 Å². The summed E-state index contributed by atoms with van der Waals surface area (Å²) in [6.45, 7) is 6.17. The van der Waals surface area contributed by atoms with Gasteiger partial charge in [-0.3, -0.25) is 0 Å². The lowest BCUT2D eigenvalue weighted by atomic mass is 10.1. The predicted octanol–water partition coefficient (Wildman–Crippen LogP) is 4.82. The van der Waals surface area contributed by atoms with E-state index in [1.54, 1.807) is 0 Å². The highest BCUT2D eigenvalue weighted by molar-refractivity contribution is 5.72. The largest absolute Gasteiger partial charge is 0.233 e. The molecule has 0 saturated heterocycles. The second-order valence-corrected chi connectivity index (χ2v) is 4.64. The Morgan fingerprint density at radius 3 is 2.55 bits per heavy atom. The maximum atomic E-state index is 4.70. The molecule has 0 amide bonds. The minimum atomic E-state index is 0.782. The van der Waals surface area contributed by atoms with Crippen molar-refractivity contribution >= 4 is 5.57 Å². The molecule has 0 aliphatic carbocycles. The number of hydrogen-bond donors (Lipinski definition) is 0. The average Bonchev–Trinajstić information content (AvgIpc) is 2.48. The third-order valence-electron chi connectivity index (χ3n) is 3.03. The highest BCUT2D eigenvalue weighted by Crippen LogP contribution is 2.20. The lowest BCUT2D eigenvalue weighted by Gasteiger charge is -2.07. The van der Waals surface area contributed by atoms with E-state index in [1.165, 1.54) is 0 Å². The molecule has 1 aromatic heterocycles. The smallest absolute Gasteiger partial charge is 0.160 e. The Kier molecular flexibility index (Phi) is 4.83. The summed E-state index contributed by atoms with van der Waals surface area (Å²) in [6.07, 6.45) is 7.38. The molecule has 0 aliphatic rings. The van der Waals surface area contributed by atoms with Crippen molar-refractivity contribution in [3.63, 3.8) is 0 Å². The van der Waals surface area contributed by atoms with Gasteiger partial charge in [0.05, 0.1) is 5.69 Å². The van der Waals surface area contributed by atoms with E-state index < -0.39 is 0 Å². The SMILES string of the molecule is C/C=C(\C=C/CC)c1cc(C)nc(-c2ccccc2)n1. The van der Waals surface area contributed by atoms with E-state index >= 15 is 0 Å². The summed E-state index contributed by atoms with van der Waals surface area (Å²) in [5.41, 5.74) is 4.14. The van der Waals surface area contributed by atoms with Crippen LogP contribution in [0.1, 0.15) is 31.7 Å². The van der Waals surface area contributed by atoms with Crippen molar-refractivity contribution < 1.29 is 0 Å². The van der Waals surface area contributed by atoms with Crippen LogP contribution in [0.15, 0.2) is 54.6 Å². The minimum absolute atomic E-state index is 0.782. The topological polar surface area (TPSA) is 25.8 Å². The van der Waals surface area contributed by atoms with Gasteiger partial charge >= 0.3 is 0 Å². The fourth-order valence-corrected chi connectivity index (χ4v) is 2.01. The summed E-state index contributed by atoms with van der Waals surface area (Å²) in [7, 11) is 0. The number of allylic oxidation sites excluding steroid dienone is 4. The van der Waals surface area contributed by atoms with Gasteiger partial charge in [0.1, 0.15) is 0 Å². The number of benzene rings is 1. The highest BCUT2D eigenvalue weighted by Gasteiger charge is 2.06. The van der Waals surface area contributed by atoms with Crippen molar-refractivity contribution in [2.45, 2.75) is 27.2 Å². The molecule has 102 valence electrons. The van der Waals surface area contributed by atoms with E-state index in [1.807, 2.05) is 50.2 Å². The van der Waals surface area contributed by atoms with Gasteiger partial charge in [0.15, 0.2) is 5.82 Å². The van der Waals surface area contributed by atoms with Gasteiger partial charge in [-0.15, -0.1) is 0 Å². The molecular formula is C18H20N2. The highest BCUT2D eigenvalue weighted by atomic mass is 14.9. The van der Waals surface area contributed by atoms with Gasteiger partial charge in [-0.25, -0.2) is 9.97 Å². The molecule has 0 aliphatic heterocycles. The Balaban J connectivity index is 2.46. The summed E-state index contributed by atoms with van der Waals surface area (Å²) < 4.78 is 0. The van der Waals surface area contributed by atoms with Crippen LogP contribution in [0.25, 0.3) is 17.0 Å². The molecule has 2 rings (SSSR count).